The third-order valence-electron chi connectivity index (χ3n) is 3.29. The highest BCUT2D eigenvalue weighted by Gasteiger charge is 2.57. The summed E-state index contributed by atoms with van der Waals surface area (Å²) in [6.45, 7) is 2.07. The second-order valence-corrected chi connectivity index (χ2v) is 7.36. The van der Waals surface area contributed by atoms with Gasteiger partial charge in [0.15, 0.2) is 9.84 Å². The van der Waals surface area contributed by atoms with E-state index in [0.29, 0.717) is 6.61 Å². The zero-order valence-corrected chi connectivity index (χ0v) is 9.98. The third-order valence-corrected chi connectivity index (χ3v) is 5.72. The van der Waals surface area contributed by atoms with Gasteiger partial charge in [-0.3, -0.25) is 0 Å². The number of hydrogen-bond donors (Lipinski definition) is 0. The summed E-state index contributed by atoms with van der Waals surface area (Å²) < 4.78 is 27.2. The number of allylic oxidation sites excluding steroid dienone is 1. The van der Waals surface area contributed by atoms with E-state index in [1.54, 1.807) is 13.2 Å². The van der Waals surface area contributed by atoms with E-state index in [-0.39, 0.29) is 5.75 Å². The van der Waals surface area contributed by atoms with E-state index in [2.05, 4.69) is 0 Å². The molecule has 1 atom stereocenters. The molecular weight excluding hydrogens is 212 g/mol. The Morgan fingerprint density at radius 3 is 2.47 bits per heavy atom. The predicted octanol–water partition coefficient (Wildman–Crippen LogP) is 2.04. The molecule has 0 spiro atoms. The molecule has 0 bridgehead atoms. The highest BCUT2D eigenvalue weighted by molar-refractivity contribution is 8.00. The van der Waals surface area contributed by atoms with E-state index in [4.69, 9.17) is 4.74 Å². The molecule has 0 radical (unpaired) electrons. The Morgan fingerprint density at radius 1 is 1.33 bits per heavy atom. The second-order valence-electron chi connectivity index (χ2n) is 4.86. The maximum absolute atomic E-state index is 11.2. The molecule has 0 amide bonds. The molecule has 0 N–H and O–H groups in total. The van der Waals surface area contributed by atoms with Crippen LogP contribution in [0.5, 0.6) is 0 Å². The van der Waals surface area contributed by atoms with Crippen molar-refractivity contribution in [3.63, 3.8) is 0 Å². The number of sulfone groups is 1. The number of hydrogen-bond acceptors (Lipinski definition) is 3. The molecule has 3 nitrogen and oxygen atoms in total. The fourth-order valence-electron chi connectivity index (χ4n) is 1.96. The first-order valence-corrected chi connectivity index (χ1v) is 7.21. The highest BCUT2D eigenvalue weighted by atomic mass is 32.2. The lowest BCUT2D eigenvalue weighted by molar-refractivity contribution is 0.229. The van der Waals surface area contributed by atoms with Gasteiger partial charge in [0.25, 0.3) is 0 Å². The molecule has 0 aromatic carbocycles. The first-order valence-electron chi connectivity index (χ1n) is 5.55. The Labute approximate surface area is 91.4 Å². The lowest BCUT2D eigenvalue weighted by Crippen LogP contribution is -2.15. The molecule has 2 rings (SSSR count). The Balaban J connectivity index is 1.80. The van der Waals surface area contributed by atoms with E-state index >= 15 is 0 Å². The van der Waals surface area contributed by atoms with E-state index < -0.39 is 14.6 Å². The van der Waals surface area contributed by atoms with Crippen LogP contribution in [-0.4, -0.2) is 25.5 Å². The van der Waals surface area contributed by atoms with Gasteiger partial charge in [0.1, 0.15) is 11.4 Å². The topological polar surface area (TPSA) is 43.4 Å². The van der Waals surface area contributed by atoms with Crippen LogP contribution < -0.4 is 0 Å². The van der Waals surface area contributed by atoms with Crippen molar-refractivity contribution in [2.75, 3.05) is 12.4 Å². The van der Waals surface area contributed by atoms with Crippen molar-refractivity contribution >= 4 is 9.84 Å². The van der Waals surface area contributed by atoms with Crippen molar-refractivity contribution < 1.29 is 13.2 Å². The minimum Gasteiger partial charge on any atom is -0.500 e. The van der Waals surface area contributed by atoms with Crippen LogP contribution in [0.15, 0.2) is 11.8 Å². The molecule has 4 heteroatoms. The second kappa shape index (κ2) is 3.81. The summed E-state index contributed by atoms with van der Waals surface area (Å²) in [7, 11) is -2.81. The molecule has 2 fully saturated rings. The Bertz CT molecular complexity index is 361. The average Bonchev–Trinajstić information content (AvgIpc) is 2.67. The third kappa shape index (κ3) is 2.36. The summed E-state index contributed by atoms with van der Waals surface area (Å²) in [5.74, 6) is 0.281. The van der Waals surface area contributed by atoms with E-state index in [1.165, 1.54) is 24.8 Å². The first kappa shape index (κ1) is 11.0. The van der Waals surface area contributed by atoms with Gasteiger partial charge in [-0.1, -0.05) is 6.42 Å². The molecule has 0 aromatic heterocycles. The SMILES string of the molecule is CC1(COC=C2CCCCC2)CS1(=O)=O. The summed E-state index contributed by atoms with van der Waals surface area (Å²) in [6, 6.07) is 0. The standard InChI is InChI=1S/C11H18O3S/c1-11(9-15(11,12)13)8-14-7-10-5-3-2-4-6-10/h7H,2-6,8-9H2,1H3. The number of rotatable bonds is 3. The van der Waals surface area contributed by atoms with Crippen molar-refractivity contribution in [2.45, 2.75) is 43.8 Å². The highest BCUT2D eigenvalue weighted by Crippen LogP contribution is 2.36. The minimum absolute atomic E-state index is 0.281. The van der Waals surface area contributed by atoms with Crippen molar-refractivity contribution in [3.05, 3.63) is 11.8 Å². The van der Waals surface area contributed by atoms with Crippen LogP contribution in [0.1, 0.15) is 39.0 Å². The monoisotopic (exact) mass is 230 g/mol. The van der Waals surface area contributed by atoms with Crippen LogP contribution in [0, 0.1) is 0 Å². The maximum Gasteiger partial charge on any atom is 0.161 e. The van der Waals surface area contributed by atoms with E-state index in [1.807, 2.05) is 0 Å². The number of ether oxygens (including phenoxy) is 1. The maximum atomic E-state index is 11.2. The summed E-state index contributed by atoms with van der Waals surface area (Å²) in [6.07, 6.45) is 7.81. The molecule has 15 heavy (non-hydrogen) atoms. The molecule has 1 aliphatic carbocycles. The van der Waals surface area contributed by atoms with Crippen molar-refractivity contribution in [1.29, 1.82) is 0 Å². The van der Waals surface area contributed by atoms with Gasteiger partial charge >= 0.3 is 0 Å². The smallest absolute Gasteiger partial charge is 0.161 e. The molecule has 86 valence electrons. The summed E-state index contributed by atoms with van der Waals surface area (Å²) in [5, 5.41) is 0. The molecule has 1 saturated carbocycles. The average molecular weight is 230 g/mol. The van der Waals surface area contributed by atoms with Crippen LogP contribution in [0.4, 0.5) is 0 Å². The molecular formula is C11H18O3S. The molecule has 1 heterocycles. The Kier molecular flexibility index (Phi) is 2.79. The molecule has 1 unspecified atom stereocenters. The van der Waals surface area contributed by atoms with Gasteiger partial charge in [-0.05, 0) is 38.2 Å². The summed E-state index contributed by atoms with van der Waals surface area (Å²) >= 11 is 0. The predicted molar refractivity (Wildman–Crippen MR) is 59.3 cm³/mol. The lowest BCUT2D eigenvalue weighted by atomic mass is 9.96. The lowest BCUT2D eigenvalue weighted by Gasteiger charge is -2.13. The molecule has 1 saturated heterocycles. The van der Waals surface area contributed by atoms with E-state index in [0.717, 1.165) is 12.8 Å². The van der Waals surface area contributed by atoms with Crippen LogP contribution in [0.3, 0.4) is 0 Å². The minimum atomic E-state index is -2.81. The zero-order valence-electron chi connectivity index (χ0n) is 9.16. The fourth-order valence-corrected chi connectivity index (χ4v) is 3.33. The van der Waals surface area contributed by atoms with Crippen LogP contribution >= 0.6 is 0 Å². The van der Waals surface area contributed by atoms with Gasteiger partial charge in [-0.25, -0.2) is 8.42 Å². The summed E-state index contributed by atoms with van der Waals surface area (Å²) in [4.78, 5) is 0. The molecule has 2 aliphatic rings. The van der Waals surface area contributed by atoms with Crippen molar-refractivity contribution in [1.82, 2.24) is 0 Å². The van der Waals surface area contributed by atoms with Gasteiger partial charge in [-0.2, -0.15) is 0 Å². The van der Waals surface area contributed by atoms with Gasteiger partial charge in [0, 0.05) is 0 Å². The zero-order chi connectivity index (χ0) is 10.9. The van der Waals surface area contributed by atoms with Gasteiger partial charge in [0.2, 0.25) is 0 Å². The molecule has 0 aromatic rings. The Morgan fingerprint density at radius 2 is 1.93 bits per heavy atom. The van der Waals surface area contributed by atoms with Gasteiger partial charge in [-0.15, -0.1) is 0 Å². The normalized spacial score (nSPS) is 33.5. The van der Waals surface area contributed by atoms with Crippen molar-refractivity contribution in [2.24, 2.45) is 0 Å². The van der Waals surface area contributed by atoms with Crippen LogP contribution in [0.2, 0.25) is 0 Å². The quantitative estimate of drug-likeness (QED) is 0.550. The largest absolute Gasteiger partial charge is 0.500 e. The van der Waals surface area contributed by atoms with Gasteiger partial charge in [0.05, 0.1) is 12.0 Å². The fraction of sp³-hybridized carbons (Fsp3) is 0.818. The van der Waals surface area contributed by atoms with E-state index in [9.17, 15) is 8.42 Å². The first-order chi connectivity index (χ1) is 7.04. The molecule has 1 aliphatic heterocycles. The summed E-state index contributed by atoms with van der Waals surface area (Å²) in [5.41, 5.74) is 1.34. The van der Waals surface area contributed by atoms with Crippen LogP contribution in [-0.2, 0) is 14.6 Å². The van der Waals surface area contributed by atoms with Gasteiger partial charge < -0.3 is 4.74 Å². The Hall–Kier alpha value is -0.510. The van der Waals surface area contributed by atoms with Crippen LogP contribution in [0.25, 0.3) is 0 Å². The van der Waals surface area contributed by atoms with Crippen molar-refractivity contribution in [3.8, 4) is 0 Å².